The molecule has 2 aliphatic rings. The molecule has 0 heterocycles. The first-order valence-corrected chi connectivity index (χ1v) is 15.3. The van der Waals surface area contributed by atoms with Crippen LogP contribution < -0.4 is 24.8 Å². The second-order valence-electron chi connectivity index (χ2n) is 9.85. The molecule has 0 radical (unpaired) electrons. The summed E-state index contributed by atoms with van der Waals surface area (Å²) in [7, 11) is 0. The molecule has 0 saturated heterocycles. The number of hydrogen-bond donors (Lipinski definition) is 0. The molecule has 0 spiro atoms. The van der Waals surface area contributed by atoms with Gasteiger partial charge in [-0.2, -0.15) is 0 Å². The van der Waals surface area contributed by atoms with Crippen molar-refractivity contribution >= 4 is 6.08 Å². The quantitative estimate of drug-likeness (QED) is 0.299. The molecule has 0 nitrogen and oxygen atoms in total. The minimum Gasteiger partial charge on any atom is -1.00 e. The number of benzene rings is 3. The molecule has 1 atom stereocenters. The Hall–Kier alpha value is -2.02. The molecule has 2 aliphatic carbocycles. The first kappa shape index (κ1) is 33.2. The van der Waals surface area contributed by atoms with Gasteiger partial charge in [0.2, 0.25) is 0 Å². The summed E-state index contributed by atoms with van der Waals surface area (Å²) in [5, 5.41) is 0. The minimum atomic E-state index is 0. The van der Waals surface area contributed by atoms with Crippen LogP contribution in [0.1, 0.15) is 109 Å². The summed E-state index contributed by atoms with van der Waals surface area (Å²) in [6, 6.07) is 22.1. The average molecular weight is 632 g/mol. The summed E-state index contributed by atoms with van der Waals surface area (Å²) in [5.74, 6) is 14.0. The zero-order valence-corrected chi connectivity index (χ0v) is 27.3. The minimum absolute atomic E-state index is 0. The predicted octanol–water partition coefficient (Wildman–Crippen LogP) is 3.60. The van der Waals surface area contributed by atoms with Crippen LogP contribution in [0, 0.1) is 23.7 Å². The maximum atomic E-state index is 3.35. The van der Waals surface area contributed by atoms with Gasteiger partial charge in [0.25, 0.3) is 0 Å². The van der Waals surface area contributed by atoms with Gasteiger partial charge in [0.15, 0.2) is 0 Å². The maximum Gasteiger partial charge on any atom is -1.00 e. The fourth-order valence-corrected chi connectivity index (χ4v) is 6.13. The Bertz CT molecular complexity index is 1300. The van der Waals surface area contributed by atoms with Gasteiger partial charge in [0, 0.05) is 5.92 Å². The fourth-order valence-electron chi connectivity index (χ4n) is 4.96. The van der Waals surface area contributed by atoms with E-state index >= 15 is 0 Å². The van der Waals surface area contributed by atoms with Crippen LogP contribution in [0.4, 0.5) is 0 Å². The van der Waals surface area contributed by atoms with Crippen molar-refractivity contribution in [3.63, 3.8) is 0 Å². The van der Waals surface area contributed by atoms with Gasteiger partial charge in [-0.05, 0) is 17.5 Å². The molecule has 199 valence electrons. The van der Waals surface area contributed by atoms with Gasteiger partial charge >= 0.3 is 174 Å². The number of rotatable bonds is 5. The van der Waals surface area contributed by atoms with E-state index in [2.05, 4.69) is 117 Å². The molecule has 0 bridgehead atoms. The van der Waals surface area contributed by atoms with Gasteiger partial charge in [-0.15, -0.1) is 0 Å². The van der Waals surface area contributed by atoms with Gasteiger partial charge in [0.1, 0.15) is 0 Å². The van der Waals surface area contributed by atoms with Crippen molar-refractivity contribution in [1.29, 1.82) is 0 Å². The maximum absolute atomic E-state index is 3.35. The third kappa shape index (κ3) is 8.48. The summed E-state index contributed by atoms with van der Waals surface area (Å²) in [6.45, 7) is 6.65. The van der Waals surface area contributed by atoms with E-state index < -0.39 is 0 Å². The van der Waals surface area contributed by atoms with Crippen LogP contribution in [0.2, 0.25) is 0 Å². The molecule has 1 unspecified atom stereocenters. The van der Waals surface area contributed by atoms with Crippen molar-refractivity contribution in [3.05, 3.63) is 100 Å². The Morgan fingerprint density at radius 3 is 1.74 bits per heavy atom. The summed E-state index contributed by atoms with van der Waals surface area (Å²) < 4.78 is 0.502. The zero-order valence-electron chi connectivity index (χ0n) is 23.3. The van der Waals surface area contributed by atoms with Crippen LogP contribution in [-0.4, -0.2) is 0 Å². The largest absolute Gasteiger partial charge is 1.00 e. The van der Waals surface area contributed by atoms with Crippen molar-refractivity contribution in [1.82, 2.24) is 0 Å². The van der Waals surface area contributed by atoms with E-state index in [4.69, 9.17) is 0 Å². The van der Waals surface area contributed by atoms with Crippen LogP contribution >= 0.6 is 0 Å². The molecule has 39 heavy (non-hydrogen) atoms. The van der Waals surface area contributed by atoms with Gasteiger partial charge in [-0.25, -0.2) is 0 Å². The van der Waals surface area contributed by atoms with Crippen LogP contribution in [-0.2, 0) is 24.7 Å². The molecule has 0 aliphatic heterocycles. The molecule has 0 N–H and O–H groups in total. The Labute approximate surface area is 264 Å². The van der Waals surface area contributed by atoms with Gasteiger partial charge < -0.3 is 24.8 Å². The topological polar surface area (TPSA) is 0 Å². The Morgan fingerprint density at radius 1 is 0.692 bits per heavy atom. The molecule has 3 aromatic carbocycles. The monoisotopic (exact) mass is 629 g/mol. The van der Waals surface area contributed by atoms with Crippen LogP contribution in [0.15, 0.2) is 66.7 Å². The van der Waals surface area contributed by atoms with Crippen molar-refractivity contribution in [3.8, 4) is 34.8 Å². The summed E-state index contributed by atoms with van der Waals surface area (Å²) in [6.07, 6.45) is 12.5. The SMILES string of the molecule is CCC1C=Cc2ccccc21.CCCCC#Cc1ccc2c(c1)[CH]([Zr+2])c1cc(C#CCCCC)ccc1-2.[Cl-].[Cl-]. The number of hydrogen-bond acceptors (Lipinski definition) is 0. The third-order valence-corrected chi connectivity index (χ3v) is 8.66. The Morgan fingerprint density at radius 2 is 1.23 bits per heavy atom. The normalized spacial score (nSPS) is 13.6. The zero-order chi connectivity index (χ0) is 26.0. The Balaban J connectivity index is 0.000000344. The first-order chi connectivity index (χ1) is 18.2. The van der Waals surface area contributed by atoms with Crippen molar-refractivity contribution < 1.29 is 49.5 Å². The van der Waals surface area contributed by atoms with Crippen LogP contribution in [0.3, 0.4) is 0 Å². The molecule has 0 aromatic heterocycles. The van der Waals surface area contributed by atoms with E-state index in [1.807, 2.05) is 0 Å². The van der Waals surface area contributed by atoms with Crippen molar-refractivity contribution in [2.45, 2.75) is 75.3 Å². The molecule has 3 heteroatoms. The second-order valence-corrected chi connectivity index (χ2v) is 11.3. The molecular formula is C36H37Cl2Zr. The summed E-state index contributed by atoms with van der Waals surface area (Å²) >= 11 is 1.53. The average Bonchev–Trinajstić information content (AvgIpc) is 3.48. The van der Waals surface area contributed by atoms with E-state index in [0.717, 1.165) is 24.0 Å². The van der Waals surface area contributed by atoms with Gasteiger partial charge in [-0.1, -0.05) is 43.3 Å². The first-order valence-electron chi connectivity index (χ1n) is 13.9. The molecule has 3 aromatic rings. The number of unbranched alkanes of at least 4 members (excludes halogenated alkanes) is 4. The van der Waals surface area contributed by atoms with Gasteiger partial charge in [-0.3, -0.25) is 0 Å². The molecule has 5 rings (SSSR count). The van der Waals surface area contributed by atoms with Crippen molar-refractivity contribution in [2.24, 2.45) is 0 Å². The Kier molecular flexibility index (Phi) is 14.4. The summed E-state index contributed by atoms with van der Waals surface area (Å²) in [5.41, 5.74) is 10.8. The second kappa shape index (κ2) is 16.9. The van der Waals surface area contributed by atoms with E-state index in [0.29, 0.717) is 9.54 Å². The number of allylic oxidation sites excluding steroid dienone is 1. The van der Waals surface area contributed by atoms with E-state index in [1.54, 1.807) is 0 Å². The van der Waals surface area contributed by atoms with E-state index in [1.165, 1.54) is 90.2 Å². The fraction of sp³-hybridized carbons (Fsp3) is 0.333. The number of fused-ring (bicyclic) bond motifs is 4. The van der Waals surface area contributed by atoms with Crippen LogP contribution in [0.5, 0.6) is 0 Å². The summed E-state index contributed by atoms with van der Waals surface area (Å²) in [4.78, 5) is 0. The predicted molar refractivity (Wildman–Crippen MR) is 155 cm³/mol. The molecular weight excluding hydrogens is 595 g/mol. The van der Waals surface area contributed by atoms with Crippen molar-refractivity contribution in [2.75, 3.05) is 0 Å². The van der Waals surface area contributed by atoms with E-state index in [9.17, 15) is 0 Å². The number of halogens is 2. The molecule has 0 amide bonds. The smallest absolute Gasteiger partial charge is 1.00 e. The molecule has 0 saturated carbocycles. The van der Waals surface area contributed by atoms with E-state index in [-0.39, 0.29) is 24.8 Å². The third-order valence-electron chi connectivity index (χ3n) is 7.13. The van der Waals surface area contributed by atoms with Gasteiger partial charge in [0.05, 0.1) is 0 Å². The van der Waals surface area contributed by atoms with Crippen LogP contribution in [0.25, 0.3) is 17.2 Å². The standard InChI is InChI=1S/C25H25.C11H12.2ClH.Zr/c1-3-5-7-9-11-20-13-15-24-22(17-20)19-23-18-21(14-16-25(23)24)12-10-8-6-4-2;1-2-9-7-8-10-5-3-4-6-11(9)10;;;/h13-19H,3-8H2,1-2H3;3-9H,2H2,1H3;2*1H;/q;;;;+2/p-2. The molecule has 0 fully saturated rings.